The normalized spacial score (nSPS) is 10.4. The molecule has 0 atom stereocenters. The zero-order valence-electron chi connectivity index (χ0n) is 12.3. The zero-order chi connectivity index (χ0) is 15.1. The van der Waals surface area contributed by atoms with E-state index < -0.39 is 0 Å². The molecule has 6 heteroatoms. The van der Waals surface area contributed by atoms with E-state index in [9.17, 15) is 4.79 Å². The van der Waals surface area contributed by atoms with Crippen LogP contribution in [0.4, 0.5) is 0 Å². The monoisotopic (exact) mass is 288 g/mol. The van der Waals surface area contributed by atoms with Gasteiger partial charge in [-0.05, 0) is 43.5 Å². The number of H-pyrrole nitrogens is 1. The molecule has 0 bridgehead atoms. The fourth-order valence-corrected chi connectivity index (χ4v) is 1.84. The van der Waals surface area contributed by atoms with Gasteiger partial charge < -0.3 is 10.1 Å². The van der Waals surface area contributed by atoms with Crippen LogP contribution < -0.4 is 10.1 Å². The lowest BCUT2D eigenvalue weighted by molar-refractivity contribution is -0.123. The summed E-state index contributed by atoms with van der Waals surface area (Å²) in [6.07, 6.45) is 3.05. The van der Waals surface area contributed by atoms with Gasteiger partial charge in [0.25, 0.3) is 5.91 Å². The molecule has 0 spiro atoms. The standard InChI is InChI=1S/C15H20N4O2/c1-11-5-6-13(8-12(11)2)21-9-15(20)16-7-3-4-14-17-10-18-19-14/h5-6,8,10H,3-4,7,9H2,1-2H3,(H,16,20)(H,17,18,19). The van der Waals surface area contributed by atoms with E-state index in [1.807, 2.05) is 32.0 Å². The molecule has 0 unspecified atom stereocenters. The van der Waals surface area contributed by atoms with Gasteiger partial charge in [-0.15, -0.1) is 0 Å². The van der Waals surface area contributed by atoms with Gasteiger partial charge in [-0.3, -0.25) is 9.89 Å². The molecular weight excluding hydrogens is 268 g/mol. The number of hydrogen-bond donors (Lipinski definition) is 2. The van der Waals surface area contributed by atoms with Crippen LogP contribution in [-0.2, 0) is 11.2 Å². The van der Waals surface area contributed by atoms with Crippen LogP contribution in [0.25, 0.3) is 0 Å². The number of hydrogen-bond acceptors (Lipinski definition) is 4. The van der Waals surface area contributed by atoms with Crippen molar-refractivity contribution in [3.63, 3.8) is 0 Å². The van der Waals surface area contributed by atoms with Crippen LogP contribution in [-0.4, -0.2) is 34.2 Å². The topological polar surface area (TPSA) is 79.9 Å². The van der Waals surface area contributed by atoms with Crippen molar-refractivity contribution >= 4 is 5.91 Å². The number of ether oxygens (including phenoxy) is 1. The van der Waals surface area contributed by atoms with E-state index in [1.165, 1.54) is 11.9 Å². The summed E-state index contributed by atoms with van der Waals surface area (Å²) < 4.78 is 5.47. The number of nitrogens with one attached hydrogen (secondary N) is 2. The molecule has 112 valence electrons. The molecule has 1 aromatic carbocycles. The second-order valence-electron chi connectivity index (χ2n) is 4.92. The van der Waals surface area contributed by atoms with Gasteiger partial charge in [-0.25, -0.2) is 4.98 Å². The van der Waals surface area contributed by atoms with Gasteiger partial charge in [0.2, 0.25) is 0 Å². The fourth-order valence-electron chi connectivity index (χ4n) is 1.84. The number of nitrogens with zero attached hydrogens (tertiary/aromatic N) is 2. The Kier molecular flexibility index (Phi) is 5.31. The van der Waals surface area contributed by atoms with E-state index in [-0.39, 0.29) is 12.5 Å². The Labute approximate surface area is 123 Å². The second-order valence-corrected chi connectivity index (χ2v) is 4.92. The average Bonchev–Trinajstić information content (AvgIpc) is 2.98. The fraction of sp³-hybridized carbons (Fsp3) is 0.400. The summed E-state index contributed by atoms with van der Waals surface area (Å²) in [5.74, 6) is 1.43. The molecular formula is C15H20N4O2. The lowest BCUT2D eigenvalue weighted by Gasteiger charge is -2.08. The van der Waals surface area contributed by atoms with Crippen molar-refractivity contribution in [3.8, 4) is 5.75 Å². The first-order valence-corrected chi connectivity index (χ1v) is 6.96. The maximum atomic E-state index is 11.7. The second kappa shape index (κ2) is 7.42. The van der Waals surface area contributed by atoms with Crippen molar-refractivity contribution in [2.45, 2.75) is 26.7 Å². The zero-order valence-corrected chi connectivity index (χ0v) is 12.3. The maximum Gasteiger partial charge on any atom is 0.257 e. The molecule has 0 aliphatic heterocycles. The molecule has 1 amide bonds. The SMILES string of the molecule is Cc1ccc(OCC(=O)NCCCc2ncn[nH]2)cc1C. The molecule has 1 heterocycles. The van der Waals surface area contributed by atoms with Gasteiger partial charge in [-0.2, -0.15) is 5.10 Å². The highest BCUT2D eigenvalue weighted by molar-refractivity contribution is 5.77. The van der Waals surface area contributed by atoms with Crippen LogP contribution in [0.2, 0.25) is 0 Å². The smallest absolute Gasteiger partial charge is 0.257 e. The number of amides is 1. The summed E-state index contributed by atoms with van der Waals surface area (Å²) in [6, 6.07) is 5.80. The number of carbonyl (C=O) groups is 1. The third-order valence-corrected chi connectivity index (χ3v) is 3.23. The predicted octanol–water partition coefficient (Wildman–Crippen LogP) is 1.55. The van der Waals surface area contributed by atoms with Gasteiger partial charge >= 0.3 is 0 Å². The van der Waals surface area contributed by atoms with Crippen molar-refractivity contribution < 1.29 is 9.53 Å². The van der Waals surface area contributed by atoms with Crippen LogP contribution in [0.1, 0.15) is 23.4 Å². The van der Waals surface area contributed by atoms with E-state index in [0.29, 0.717) is 6.54 Å². The minimum Gasteiger partial charge on any atom is -0.484 e. The Bertz CT molecular complexity index is 581. The Morgan fingerprint density at radius 2 is 2.19 bits per heavy atom. The molecule has 0 fully saturated rings. The largest absolute Gasteiger partial charge is 0.484 e. The lowest BCUT2D eigenvalue weighted by Crippen LogP contribution is -2.30. The average molecular weight is 288 g/mol. The van der Waals surface area contributed by atoms with E-state index in [0.717, 1.165) is 30.0 Å². The van der Waals surface area contributed by atoms with E-state index in [4.69, 9.17) is 4.74 Å². The minimum atomic E-state index is -0.120. The van der Waals surface area contributed by atoms with E-state index >= 15 is 0 Å². The lowest BCUT2D eigenvalue weighted by atomic mass is 10.1. The number of rotatable bonds is 7. The molecule has 0 saturated heterocycles. The predicted molar refractivity (Wildman–Crippen MR) is 79.1 cm³/mol. The minimum absolute atomic E-state index is 0.0325. The van der Waals surface area contributed by atoms with Crippen molar-refractivity contribution in [3.05, 3.63) is 41.5 Å². The molecule has 6 nitrogen and oxygen atoms in total. The molecule has 21 heavy (non-hydrogen) atoms. The summed E-state index contributed by atoms with van der Waals surface area (Å²) in [5, 5.41) is 9.37. The summed E-state index contributed by atoms with van der Waals surface area (Å²) >= 11 is 0. The third-order valence-electron chi connectivity index (χ3n) is 3.23. The molecule has 0 saturated carbocycles. The third kappa shape index (κ3) is 4.91. The van der Waals surface area contributed by atoms with Crippen molar-refractivity contribution in [1.29, 1.82) is 0 Å². The Morgan fingerprint density at radius 1 is 1.33 bits per heavy atom. The Hall–Kier alpha value is -2.37. The highest BCUT2D eigenvalue weighted by atomic mass is 16.5. The maximum absolute atomic E-state index is 11.7. The number of aromatic nitrogens is 3. The van der Waals surface area contributed by atoms with Crippen molar-refractivity contribution in [2.24, 2.45) is 0 Å². The molecule has 2 aromatic rings. The number of aryl methyl sites for hydroxylation is 3. The summed E-state index contributed by atoms with van der Waals surface area (Å²) in [5.41, 5.74) is 2.36. The summed E-state index contributed by atoms with van der Waals surface area (Å²) in [4.78, 5) is 15.7. The first-order valence-electron chi connectivity index (χ1n) is 6.96. The molecule has 2 N–H and O–H groups in total. The van der Waals surface area contributed by atoms with Crippen LogP contribution in [0.15, 0.2) is 24.5 Å². The van der Waals surface area contributed by atoms with Crippen molar-refractivity contribution in [1.82, 2.24) is 20.5 Å². The van der Waals surface area contributed by atoms with Crippen molar-refractivity contribution in [2.75, 3.05) is 13.2 Å². The van der Waals surface area contributed by atoms with Crippen LogP contribution >= 0.6 is 0 Å². The highest BCUT2D eigenvalue weighted by Gasteiger charge is 2.03. The molecule has 0 aliphatic carbocycles. The Morgan fingerprint density at radius 3 is 2.90 bits per heavy atom. The van der Waals surface area contributed by atoms with E-state index in [2.05, 4.69) is 20.5 Å². The quantitative estimate of drug-likeness (QED) is 0.758. The molecule has 2 rings (SSSR count). The van der Waals surface area contributed by atoms with Gasteiger partial charge in [0.1, 0.15) is 17.9 Å². The summed E-state index contributed by atoms with van der Waals surface area (Å²) in [7, 11) is 0. The van der Waals surface area contributed by atoms with Gasteiger partial charge in [0.05, 0.1) is 0 Å². The number of aromatic amines is 1. The molecule has 0 radical (unpaired) electrons. The van der Waals surface area contributed by atoms with Crippen LogP contribution in [0, 0.1) is 13.8 Å². The first kappa shape index (κ1) is 15.0. The van der Waals surface area contributed by atoms with Crippen LogP contribution in [0.5, 0.6) is 5.75 Å². The number of carbonyl (C=O) groups excluding carboxylic acids is 1. The molecule has 0 aliphatic rings. The first-order chi connectivity index (χ1) is 10.1. The van der Waals surface area contributed by atoms with Gasteiger partial charge in [-0.1, -0.05) is 6.07 Å². The molecule has 1 aromatic heterocycles. The number of benzene rings is 1. The summed E-state index contributed by atoms with van der Waals surface area (Å²) in [6.45, 7) is 4.69. The Balaban J connectivity index is 1.64. The van der Waals surface area contributed by atoms with Gasteiger partial charge in [0.15, 0.2) is 6.61 Å². The van der Waals surface area contributed by atoms with E-state index in [1.54, 1.807) is 0 Å². The van der Waals surface area contributed by atoms with Crippen LogP contribution in [0.3, 0.4) is 0 Å². The van der Waals surface area contributed by atoms with Gasteiger partial charge in [0, 0.05) is 13.0 Å². The highest BCUT2D eigenvalue weighted by Crippen LogP contribution is 2.16.